The second kappa shape index (κ2) is 6.04. The van der Waals surface area contributed by atoms with E-state index >= 15 is 0 Å². The molecule has 0 aliphatic heterocycles. The van der Waals surface area contributed by atoms with Crippen molar-refractivity contribution in [3.63, 3.8) is 0 Å². The summed E-state index contributed by atoms with van der Waals surface area (Å²) < 4.78 is 0.639. The number of rotatable bonds is 2. The lowest BCUT2D eigenvalue weighted by Crippen LogP contribution is -2.12. The number of halogens is 3. The highest BCUT2D eigenvalue weighted by Crippen LogP contribution is 2.36. The Morgan fingerprint density at radius 3 is 2.55 bits per heavy atom. The molecule has 0 saturated heterocycles. The average Bonchev–Trinajstić information content (AvgIpc) is 2.39. The number of nitrogens with one attached hydrogen (secondary N) is 1. The Hall–Kier alpha value is -1.23. The maximum atomic E-state index is 12.1. The fourth-order valence-corrected chi connectivity index (χ4v) is 2.47. The van der Waals surface area contributed by atoms with Crippen LogP contribution in [0.4, 0.5) is 5.69 Å². The van der Waals surface area contributed by atoms with E-state index in [2.05, 4.69) is 21.2 Å². The number of anilines is 1. The molecule has 104 valence electrons. The predicted molar refractivity (Wildman–Crippen MR) is 85.0 cm³/mol. The number of carbonyl (C=O) groups excluding carboxylic acids is 1. The molecular weight excluding hydrogens is 365 g/mol. The lowest BCUT2D eigenvalue weighted by molar-refractivity contribution is 0.102. The molecule has 0 heterocycles. The van der Waals surface area contributed by atoms with E-state index in [1.165, 1.54) is 6.07 Å². The van der Waals surface area contributed by atoms with Crippen LogP contribution >= 0.6 is 39.1 Å². The summed E-state index contributed by atoms with van der Waals surface area (Å²) in [5, 5.41) is 13.0. The molecule has 0 aliphatic carbocycles. The second-order valence-electron chi connectivity index (χ2n) is 4.20. The second-order valence-corrected chi connectivity index (χ2v) is 5.81. The molecule has 0 fully saturated rings. The molecule has 0 atom stereocenters. The van der Waals surface area contributed by atoms with Gasteiger partial charge in [0.2, 0.25) is 0 Å². The van der Waals surface area contributed by atoms with Crippen molar-refractivity contribution in [1.82, 2.24) is 0 Å². The Labute approximate surface area is 134 Å². The van der Waals surface area contributed by atoms with Gasteiger partial charge in [0.1, 0.15) is 5.75 Å². The van der Waals surface area contributed by atoms with Gasteiger partial charge in [-0.2, -0.15) is 0 Å². The topological polar surface area (TPSA) is 49.3 Å². The molecule has 20 heavy (non-hydrogen) atoms. The first-order valence-corrected chi connectivity index (χ1v) is 7.19. The average molecular weight is 375 g/mol. The van der Waals surface area contributed by atoms with Crippen molar-refractivity contribution in [2.75, 3.05) is 5.32 Å². The number of aryl methyl sites for hydroxylation is 1. The van der Waals surface area contributed by atoms with E-state index in [1.807, 2.05) is 6.92 Å². The third-order valence-corrected chi connectivity index (χ3v) is 4.45. The zero-order valence-corrected chi connectivity index (χ0v) is 13.5. The van der Waals surface area contributed by atoms with Gasteiger partial charge in [-0.1, -0.05) is 29.3 Å². The molecule has 0 aliphatic rings. The van der Waals surface area contributed by atoms with Gasteiger partial charge in [0.05, 0.1) is 21.3 Å². The Bertz CT molecular complexity index is 689. The molecule has 6 heteroatoms. The van der Waals surface area contributed by atoms with Crippen LogP contribution in [0.25, 0.3) is 0 Å². The summed E-state index contributed by atoms with van der Waals surface area (Å²) >= 11 is 15.3. The summed E-state index contributed by atoms with van der Waals surface area (Å²) in [6.45, 7) is 1.83. The van der Waals surface area contributed by atoms with E-state index in [1.54, 1.807) is 24.3 Å². The highest BCUT2D eigenvalue weighted by atomic mass is 79.9. The third-order valence-electron chi connectivity index (χ3n) is 2.68. The fraction of sp³-hybridized carbons (Fsp3) is 0.0714. The molecule has 0 unspecified atom stereocenters. The summed E-state index contributed by atoms with van der Waals surface area (Å²) in [5.41, 5.74) is 1.42. The van der Waals surface area contributed by atoms with E-state index < -0.39 is 5.91 Å². The van der Waals surface area contributed by atoms with Crippen LogP contribution in [0, 0.1) is 6.92 Å². The van der Waals surface area contributed by atoms with E-state index in [0.717, 1.165) is 5.56 Å². The molecule has 3 nitrogen and oxygen atoms in total. The van der Waals surface area contributed by atoms with Crippen LogP contribution in [0.3, 0.4) is 0 Å². The molecule has 0 spiro atoms. The van der Waals surface area contributed by atoms with Crippen molar-refractivity contribution in [1.29, 1.82) is 0 Å². The SMILES string of the molecule is Cc1ccc(C(=O)Nc2ccc(Br)c(Cl)c2Cl)c(O)c1. The number of amides is 1. The van der Waals surface area contributed by atoms with Gasteiger partial charge in [-0.3, -0.25) is 4.79 Å². The van der Waals surface area contributed by atoms with Crippen LogP contribution < -0.4 is 5.32 Å². The number of phenols is 1. The molecule has 0 bridgehead atoms. The van der Waals surface area contributed by atoms with E-state index in [9.17, 15) is 9.90 Å². The van der Waals surface area contributed by atoms with Gasteiger partial charge in [0.15, 0.2) is 0 Å². The van der Waals surface area contributed by atoms with Crippen molar-refractivity contribution in [2.24, 2.45) is 0 Å². The summed E-state index contributed by atoms with van der Waals surface area (Å²) in [7, 11) is 0. The lowest BCUT2D eigenvalue weighted by Gasteiger charge is -2.10. The molecule has 1 amide bonds. The Kier molecular flexibility index (Phi) is 4.58. The Balaban J connectivity index is 2.30. The minimum atomic E-state index is -0.456. The molecule has 2 aromatic carbocycles. The standard InChI is InChI=1S/C14H10BrCl2NO2/c1-7-2-3-8(11(19)6-7)14(20)18-10-5-4-9(15)12(16)13(10)17/h2-6,19H,1H3,(H,18,20). The molecule has 2 rings (SSSR count). The molecule has 2 aromatic rings. The van der Waals surface area contributed by atoms with Crippen molar-refractivity contribution >= 4 is 50.7 Å². The number of carbonyl (C=O) groups is 1. The van der Waals surface area contributed by atoms with E-state index in [-0.39, 0.29) is 16.3 Å². The summed E-state index contributed by atoms with van der Waals surface area (Å²) in [4.78, 5) is 12.1. The normalized spacial score (nSPS) is 10.4. The van der Waals surface area contributed by atoms with E-state index in [0.29, 0.717) is 15.2 Å². The van der Waals surface area contributed by atoms with Gasteiger partial charge in [-0.05, 0) is 52.7 Å². The number of hydrogen-bond donors (Lipinski definition) is 2. The summed E-state index contributed by atoms with van der Waals surface area (Å²) in [5.74, 6) is -0.537. The highest BCUT2D eigenvalue weighted by Gasteiger charge is 2.15. The van der Waals surface area contributed by atoms with Gasteiger partial charge < -0.3 is 10.4 Å². The maximum absolute atomic E-state index is 12.1. The van der Waals surface area contributed by atoms with Crippen LogP contribution in [-0.2, 0) is 0 Å². The van der Waals surface area contributed by atoms with Gasteiger partial charge in [0.25, 0.3) is 5.91 Å². The van der Waals surface area contributed by atoms with Crippen LogP contribution in [0.5, 0.6) is 5.75 Å². The quantitative estimate of drug-likeness (QED) is 0.725. The van der Waals surface area contributed by atoms with Crippen LogP contribution in [0.1, 0.15) is 15.9 Å². The first-order chi connectivity index (χ1) is 9.40. The number of phenolic OH excluding ortho intramolecular Hbond substituents is 1. The zero-order valence-electron chi connectivity index (χ0n) is 10.4. The molecule has 0 radical (unpaired) electrons. The van der Waals surface area contributed by atoms with Crippen molar-refractivity contribution in [2.45, 2.75) is 6.92 Å². The lowest BCUT2D eigenvalue weighted by atomic mass is 10.1. The maximum Gasteiger partial charge on any atom is 0.259 e. The van der Waals surface area contributed by atoms with Crippen LogP contribution in [0.15, 0.2) is 34.8 Å². The summed E-state index contributed by atoms with van der Waals surface area (Å²) in [6, 6.07) is 8.12. The Morgan fingerprint density at radius 2 is 1.90 bits per heavy atom. The van der Waals surface area contributed by atoms with Gasteiger partial charge in [-0.25, -0.2) is 0 Å². The molecule has 0 aromatic heterocycles. The monoisotopic (exact) mass is 373 g/mol. The fourth-order valence-electron chi connectivity index (χ4n) is 1.65. The van der Waals surface area contributed by atoms with Gasteiger partial charge in [0, 0.05) is 4.47 Å². The van der Waals surface area contributed by atoms with Crippen molar-refractivity contribution < 1.29 is 9.90 Å². The van der Waals surface area contributed by atoms with Crippen LogP contribution in [0.2, 0.25) is 10.0 Å². The predicted octanol–water partition coefficient (Wildman–Crippen LogP) is 5.02. The number of aromatic hydroxyl groups is 1. The summed E-state index contributed by atoms with van der Waals surface area (Å²) in [6.07, 6.45) is 0. The molecule has 0 saturated carbocycles. The minimum Gasteiger partial charge on any atom is -0.507 e. The molecule has 2 N–H and O–H groups in total. The molecular formula is C14H10BrCl2NO2. The zero-order chi connectivity index (χ0) is 14.9. The third kappa shape index (κ3) is 3.08. The van der Waals surface area contributed by atoms with Gasteiger partial charge in [-0.15, -0.1) is 0 Å². The largest absolute Gasteiger partial charge is 0.507 e. The van der Waals surface area contributed by atoms with Crippen molar-refractivity contribution in [3.05, 3.63) is 56.0 Å². The minimum absolute atomic E-state index is 0.0816. The Morgan fingerprint density at radius 1 is 1.20 bits per heavy atom. The highest BCUT2D eigenvalue weighted by molar-refractivity contribution is 9.10. The van der Waals surface area contributed by atoms with Crippen LogP contribution in [-0.4, -0.2) is 11.0 Å². The van der Waals surface area contributed by atoms with E-state index in [4.69, 9.17) is 23.2 Å². The van der Waals surface area contributed by atoms with Gasteiger partial charge >= 0.3 is 0 Å². The first-order valence-electron chi connectivity index (χ1n) is 5.64. The smallest absolute Gasteiger partial charge is 0.259 e. The number of hydrogen-bond acceptors (Lipinski definition) is 2. The van der Waals surface area contributed by atoms with Crippen molar-refractivity contribution in [3.8, 4) is 5.75 Å². The number of benzene rings is 2. The first kappa shape index (κ1) is 15.2.